The van der Waals surface area contributed by atoms with Crippen LogP contribution in [0, 0.1) is 0 Å². The molecule has 0 spiro atoms. The average Bonchev–Trinajstić information content (AvgIpc) is 2.09. The van der Waals surface area contributed by atoms with Gasteiger partial charge in [-0.2, -0.15) is 0 Å². The van der Waals surface area contributed by atoms with Crippen LogP contribution in [0.15, 0.2) is 23.1 Å². The highest BCUT2D eigenvalue weighted by atomic mass is 32.1. The number of aliphatic carboxylic acids is 1. The van der Waals surface area contributed by atoms with Crippen molar-refractivity contribution in [1.82, 2.24) is 0 Å². The van der Waals surface area contributed by atoms with E-state index >= 15 is 0 Å². The van der Waals surface area contributed by atoms with Gasteiger partial charge in [-0.15, -0.1) is 12.6 Å². The maximum absolute atomic E-state index is 10.5. The summed E-state index contributed by atoms with van der Waals surface area (Å²) in [4.78, 5) is 11.0. The van der Waals surface area contributed by atoms with Crippen molar-refractivity contribution < 1.29 is 15.0 Å². The summed E-state index contributed by atoms with van der Waals surface area (Å²) in [6, 6.07) is 3.60. The molecule has 1 aromatic rings. The van der Waals surface area contributed by atoms with Crippen LogP contribution in [-0.4, -0.2) is 22.2 Å². The second-order valence-corrected chi connectivity index (χ2v) is 3.44. The predicted molar refractivity (Wildman–Crippen MR) is 54.7 cm³/mol. The Hall–Kier alpha value is -1.20. The number of rotatable bonds is 3. The first-order valence-corrected chi connectivity index (χ1v) is 4.44. The van der Waals surface area contributed by atoms with Crippen LogP contribution >= 0.6 is 12.6 Å². The molecule has 0 aromatic heterocycles. The summed E-state index contributed by atoms with van der Waals surface area (Å²) >= 11 is 4.10. The van der Waals surface area contributed by atoms with Crippen molar-refractivity contribution in [2.24, 2.45) is 5.73 Å². The molecule has 4 nitrogen and oxygen atoms in total. The number of hydrogen-bond donors (Lipinski definition) is 4. The highest BCUT2D eigenvalue weighted by Crippen LogP contribution is 2.20. The SMILES string of the molecule is N[C@@H](Cc1ccc(O)cc1S)C(=O)O. The van der Waals surface area contributed by atoms with Crippen molar-refractivity contribution in [3.63, 3.8) is 0 Å². The number of phenols is 1. The first-order valence-electron chi connectivity index (χ1n) is 4.00. The van der Waals surface area contributed by atoms with Gasteiger partial charge in [-0.1, -0.05) is 6.07 Å². The minimum atomic E-state index is -1.05. The number of nitrogens with two attached hydrogens (primary N) is 1. The number of carboxylic acid groups (broad SMARTS) is 1. The van der Waals surface area contributed by atoms with E-state index in [1.807, 2.05) is 0 Å². The third-order valence-electron chi connectivity index (χ3n) is 1.83. The Kier molecular flexibility index (Phi) is 3.38. The third kappa shape index (κ3) is 2.65. The number of aromatic hydroxyl groups is 1. The summed E-state index contributed by atoms with van der Waals surface area (Å²) in [7, 11) is 0. The van der Waals surface area contributed by atoms with E-state index in [2.05, 4.69) is 12.6 Å². The molecular weight excluding hydrogens is 202 g/mol. The number of carboxylic acids is 1. The van der Waals surface area contributed by atoms with Crippen molar-refractivity contribution in [3.8, 4) is 5.75 Å². The lowest BCUT2D eigenvalue weighted by atomic mass is 10.1. The average molecular weight is 213 g/mol. The van der Waals surface area contributed by atoms with Crippen molar-refractivity contribution in [1.29, 1.82) is 0 Å². The van der Waals surface area contributed by atoms with E-state index in [1.165, 1.54) is 12.1 Å². The van der Waals surface area contributed by atoms with Gasteiger partial charge in [-0.3, -0.25) is 4.79 Å². The molecule has 1 rings (SSSR count). The van der Waals surface area contributed by atoms with Crippen LogP contribution in [0.3, 0.4) is 0 Å². The first-order chi connectivity index (χ1) is 6.50. The fourth-order valence-corrected chi connectivity index (χ4v) is 1.35. The molecule has 14 heavy (non-hydrogen) atoms. The smallest absolute Gasteiger partial charge is 0.320 e. The molecule has 0 saturated heterocycles. The quantitative estimate of drug-likeness (QED) is 0.555. The van der Waals surface area contributed by atoms with Crippen LogP contribution < -0.4 is 5.73 Å². The largest absolute Gasteiger partial charge is 0.508 e. The summed E-state index contributed by atoms with van der Waals surface area (Å²) in [5, 5.41) is 17.7. The van der Waals surface area contributed by atoms with Gasteiger partial charge in [0, 0.05) is 4.90 Å². The van der Waals surface area contributed by atoms with Gasteiger partial charge in [-0.25, -0.2) is 0 Å². The van der Waals surface area contributed by atoms with E-state index in [4.69, 9.17) is 15.9 Å². The molecule has 0 fully saturated rings. The Bertz CT molecular complexity index is 354. The Balaban J connectivity index is 2.82. The molecule has 1 aromatic carbocycles. The number of hydrogen-bond acceptors (Lipinski definition) is 4. The molecule has 76 valence electrons. The van der Waals surface area contributed by atoms with Crippen LogP contribution in [0.2, 0.25) is 0 Å². The highest BCUT2D eigenvalue weighted by molar-refractivity contribution is 7.80. The van der Waals surface area contributed by atoms with Crippen LogP contribution in [-0.2, 0) is 11.2 Å². The monoisotopic (exact) mass is 213 g/mol. The van der Waals surface area contributed by atoms with Crippen molar-refractivity contribution in [2.75, 3.05) is 0 Å². The minimum Gasteiger partial charge on any atom is -0.508 e. The molecule has 0 aliphatic carbocycles. The normalized spacial score (nSPS) is 12.4. The molecule has 1 atom stereocenters. The van der Waals surface area contributed by atoms with Crippen molar-refractivity contribution >= 4 is 18.6 Å². The van der Waals surface area contributed by atoms with Gasteiger partial charge in [0.1, 0.15) is 11.8 Å². The molecule has 0 aliphatic heterocycles. The minimum absolute atomic E-state index is 0.0997. The zero-order chi connectivity index (χ0) is 10.7. The predicted octanol–water partition coefficient (Wildman–Crippen LogP) is 0.635. The lowest BCUT2D eigenvalue weighted by Crippen LogP contribution is -2.32. The Morgan fingerprint density at radius 2 is 2.21 bits per heavy atom. The number of benzene rings is 1. The second kappa shape index (κ2) is 4.34. The molecule has 5 heteroatoms. The standard InChI is InChI=1S/C9H11NO3S/c10-7(9(12)13)3-5-1-2-6(11)4-8(5)14/h1-2,4,7,11,14H,3,10H2,(H,12,13)/t7-/m0/s1. The molecular formula is C9H11NO3S. The summed E-state index contributed by atoms with van der Waals surface area (Å²) in [5.74, 6) is -0.951. The lowest BCUT2D eigenvalue weighted by Gasteiger charge is -2.08. The van der Waals surface area contributed by atoms with Crippen LogP contribution in [0.5, 0.6) is 5.75 Å². The van der Waals surface area contributed by atoms with E-state index < -0.39 is 12.0 Å². The molecule has 0 amide bonds. The van der Waals surface area contributed by atoms with E-state index in [1.54, 1.807) is 6.07 Å². The second-order valence-electron chi connectivity index (χ2n) is 2.96. The lowest BCUT2D eigenvalue weighted by molar-refractivity contribution is -0.138. The first kappa shape index (κ1) is 10.9. The molecule has 0 aliphatic rings. The van der Waals surface area contributed by atoms with Crippen LogP contribution in [0.1, 0.15) is 5.56 Å². The van der Waals surface area contributed by atoms with Gasteiger partial charge >= 0.3 is 5.97 Å². The van der Waals surface area contributed by atoms with Gasteiger partial charge in [0.25, 0.3) is 0 Å². The fourth-order valence-electron chi connectivity index (χ4n) is 1.05. The van der Waals surface area contributed by atoms with Gasteiger partial charge in [-0.05, 0) is 24.1 Å². The van der Waals surface area contributed by atoms with Crippen LogP contribution in [0.25, 0.3) is 0 Å². The Morgan fingerprint density at radius 1 is 1.57 bits per heavy atom. The summed E-state index contributed by atoms with van der Waals surface area (Å²) < 4.78 is 0. The Morgan fingerprint density at radius 3 is 2.71 bits per heavy atom. The van der Waals surface area contributed by atoms with Gasteiger partial charge in [0.15, 0.2) is 0 Å². The molecule has 0 saturated carbocycles. The Labute approximate surface area is 86.8 Å². The number of phenolic OH excluding ortho intramolecular Hbond substituents is 1. The molecule has 4 N–H and O–H groups in total. The van der Waals surface area contributed by atoms with E-state index in [9.17, 15) is 4.79 Å². The summed E-state index contributed by atoms with van der Waals surface area (Å²) in [6.07, 6.45) is 0.203. The summed E-state index contributed by atoms with van der Waals surface area (Å²) in [5.41, 5.74) is 6.07. The van der Waals surface area contributed by atoms with E-state index in [0.29, 0.717) is 10.5 Å². The van der Waals surface area contributed by atoms with Crippen LogP contribution in [0.4, 0.5) is 0 Å². The highest BCUT2D eigenvalue weighted by Gasteiger charge is 2.13. The molecule has 0 radical (unpaired) electrons. The topological polar surface area (TPSA) is 83.5 Å². The summed E-state index contributed by atoms with van der Waals surface area (Å²) in [6.45, 7) is 0. The van der Waals surface area contributed by atoms with Gasteiger partial charge in [0.2, 0.25) is 0 Å². The third-order valence-corrected chi connectivity index (χ3v) is 2.24. The maximum Gasteiger partial charge on any atom is 0.320 e. The van der Waals surface area contributed by atoms with Gasteiger partial charge < -0.3 is 15.9 Å². The van der Waals surface area contributed by atoms with E-state index in [0.717, 1.165) is 0 Å². The van der Waals surface area contributed by atoms with Gasteiger partial charge in [0.05, 0.1) is 0 Å². The zero-order valence-corrected chi connectivity index (χ0v) is 8.24. The number of thiol groups is 1. The number of carbonyl (C=O) groups is 1. The molecule has 0 bridgehead atoms. The molecule has 0 unspecified atom stereocenters. The van der Waals surface area contributed by atoms with Crippen molar-refractivity contribution in [2.45, 2.75) is 17.4 Å². The maximum atomic E-state index is 10.5. The molecule has 0 heterocycles. The fraction of sp³-hybridized carbons (Fsp3) is 0.222. The zero-order valence-electron chi connectivity index (χ0n) is 7.34. The van der Waals surface area contributed by atoms with E-state index in [-0.39, 0.29) is 12.2 Å². The van der Waals surface area contributed by atoms with Crippen molar-refractivity contribution in [3.05, 3.63) is 23.8 Å².